The van der Waals surface area contributed by atoms with Crippen LogP contribution in [0.25, 0.3) is 0 Å². The molecule has 4 N–H and O–H groups in total. The predicted molar refractivity (Wildman–Crippen MR) is 72.7 cm³/mol. The number of hydrogen-bond donors (Lipinski definition) is 3. The molecule has 0 radical (unpaired) electrons. The summed E-state index contributed by atoms with van der Waals surface area (Å²) in [6.45, 7) is 3.55. The Bertz CT molecular complexity index is 474. The lowest BCUT2D eigenvalue weighted by Gasteiger charge is -2.20. The maximum atomic E-state index is 12.0. The minimum atomic E-state index is -0.303. The number of anilines is 1. The van der Waals surface area contributed by atoms with Crippen molar-refractivity contribution in [2.24, 2.45) is 0 Å². The van der Waals surface area contributed by atoms with Crippen molar-refractivity contribution in [1.82, 2.24) is 5.32 Å². The molecule has 1 unspecified atom stereocenters. The number of benzene rings is 1. The summed E-state index contributed by atoms with van der Waals surface area (Å²) < 4.78 is 0. The van der Waals surface area contributed by atoms with Gasteiger partial charge in [0, 0.05) is 5.69 Å². The van der Waals surface area contributed by atoms with Crippen molar-refractivity contribution in [1.29, 1.82) is 0 Å². The molecule has 0 aliphatic carbocycles. The van der Waals surface area contributed by atoms with Gasteiger partial charge >= 0.3 is 0 Å². The summed E-state index contributed by atoms with van der Waals surface area (Å²) in [6, 6.07) is 7.43. The minimum Gasteiger partial charge on any atom is -0.345 e. The van der Waals surface area contributed by atoms with E-state index in [2.05, 4.69) is 10.6 Å². The maximum absolute atomic E-state index is 12.0. The molecular weight excluding hydrogens is 242 g/mol. The van der Waals surface area contributed by atoms with Gasteiger partial charge in [0.1, 0.15) is 0 Å². The number of amides is 2. The van der Waals surface area contributed by atoms with Crippen LogP contribution in [0.1, 0.15) is 18.9 Å². The van der Waals surface area contributed by atoms with E-state index in [0.29, 0.717) is 6.54 Å². The van der Waals surface area contributed by atoms with Crippen LogP contribution >= 0.6 is 0 Å². The second-order valence-corrected chi connectivity index (χ2v) is 4.68. The van der Waals surface area contributed by atoms with Gasteiger partial charge in [0.05, 0.1) is 19.5 Å². The molecule has 5 nitrogen and oxygen atoms in total. The minimum absolute atomic E-state index is 0.0508. The second kappa shape index (κ2) is 6.33. The Kier molecular flexibility index (Phi) is 4.52. The molecule has 5 heteroatoms. The van der Waals surface area contributed by atoms with E-state index >= 15 is 0 Å². The Balaban J connectivity index is 1.95. The topological polar surface area (TPSA) is 74.8 Å². The van der Waals surface area contributed by atoms with Gasteiger partial charge in [-0.15, -0.1) is 0 Å². The van der Waals surface area contributed by atoms with Crippen molar-refractivity contribution in [2.45, 2.75) is 25.8 Å². The third-order valence-electron chi connectivity index (χ3n) is 3.31. The third kappa shape index (κ3) is 3.54. The molecule has 0 spiro atoms. The first-order valence-electron chi connectivity index (χ1n) is 6.69. The molecule has 1 heterocycles. The van der Waals surface area contributed by atoms with E-state index in [9.17, 15) is 9.59 Å². The molecule has 2 amide bonds. The highest BCUT2D eigenvalue weighted by Crippen LogP contribution is 2.15. The molecule has 102 valence electrons. The molecule has 19 heavy (non-hydrogen) atoms. The zero-order valence-corrected chi connectivity index (χ0v) is 11.1. The average molecular weight is 262 g/mol. The van der Waals surface area contributed by atoms with Crippen molar-refractivity contribution < 1.29 is 14.9 Å². The molecule has 1 fully saturated rings. The number of aryl methyl sites for hydroxylation is 1. The number of carbonyl (C=O) groups excluding carboxylic acids is 2. The normalized spacial score (nSPS) is 18.8. The van der Waals surface area contributed by atoms with E-state index in [1.165, 1.54) is 0 Å². The first-order chi connectivity index (χ1) is 9.20. The molecule has 1 aliphatic rings. The summed E-state index contributed by atoms with van der Waals surface area (Å²) in [4.78, 5) is 23.6. The fourth-order valence-corrected chi connectivity index (χ4v) is 2.25. The van der Waals surface area contributed by atoms with Gasteiger partial charge in [-0.05, 0) is 18.1 Å². The van der Waals surface area contributed by atoms with Gasteiger partial charge in [-0.3, -0.25) is 9.59 Å². The number of carbonyl (C=O) groups is 2. The summed E-state index contributed by atoms with van der Waals surface area (Å²) in [6.07, 6.45) is 1.08. The van der Waals surface area contributed by atoms with Gasteiger partial charge in [-0.25, -0.2) is 0 Å². The zero-order chi connectivity index (χ0) is 13.7. The molecule has 1 aromatic carbocycles. The largest absolute Gasteiger partial charge is 0.345 e. The highest BCUT2D eigenvalue weighted by atomic mass is 16.2. The number of para-hydroxylation sites is 1. The van der Waals surface area contributed by atoms with E-state index in [4.69, 9.17) is 0 Å². The first-order valence-corrected chi connectivity index (χ1v) is 6.69. The van der Waals surface area contributed by atoms with Crippen molar-refractivity contribution in [3.05, 3.63) is 29.8 Å². The first kappa shape index (κ1) is 13.5. The van der Waals surface area contributed by atoms with Gasteiger partial charge in [0.25, 0.3) is 5.91 Å². The van der Waals surface area contributed by atoms with Crippen LogP contribution in [0.2, 0.25) is 0 Å². The number of hydrogen-bond acceptors (Lipinski definition) is 2. The molecule has 1 aliphatic heterocycles. The molecule has 0 bridgehead atoms. The average Bonchev–Trinajstić information content (AvgIpc) is 2.42. The molecule has 0 saturated carbocycles. The molecule has 1 atom stereocenters. The summed E-state index contributed by atoms with van der Waals surface area (Å²) in [5.74, 6) is -0.163. The summed E-state index contributed by atoms with van der Waals surface area (Å²) in [7, 11) is 0. The Labute approximate surface area is 112 Å². The van der Waals surface area contributed by atoms with Crippen molar-refractivity contribution in [3.63, 3.8) is 0 Å². The molecule has 0 aromatic heterocycles. The second-order valence-electron chi connectivity index (χ2n) is 4.68. The lowest BCUT2D eigenvalue weighted by atomic mass is 10.1. The van der Waals surface area contributed by atoms with E-state index in [0.717, 1.165) is 24.2 Å². The van der Waals surface area contributed by atoms with E-state index in [1.54, 1.807) is 0 Å². The van der Waals surface area contributed by atoms with Crippen LogP contribution in [0.5, 0.6) is 0 Å². The monoisotopic (exact) mass is 262 g/mol. The summed E-state index contributed by atoms with van der Waals surface area (Å²) in [5, 5.41) is 7.58. The lowest BCUT2D eigenvalue weighted by molar-refractivity contribution is -0.678. The Hall–Kier alpha value is -1.88. The standard InChI is InChI=1S/C14H19N3O2/c1-2-10-5-3-4-6-11(10)17-13(18)9-12-14(19)16-8-7-15-12/h3-6,12,15H,2,7-9H2,1H3,(H,16,19)(H,17,18)/p+1. The van der Waals surface area contributed by atoms with Crippen LogP contribution in [0.4, 0.5) is 5.69 Å². The van der Waals surface area contributed by atoms with Crippen molar-refractivity contribution >= 4 is 17.5 Å². The van der Waals surface area contributed by atoms with Crippen molar-refractivity contribution in [2.75, 3.05) is 18.4 Å². The van der Waals surface area contributed by atoms with Crippen LogP contribution in [-0.4, -0.2) is 30.9 Å². The van der Waals surface area contributed by atoms with Crippen LogP contribution in [0.15, 0.2) is 24.3 Å². The zero-order valence-electron chi connectivity index (χ0n) is 11.1. The van der Waals surface area contributed by atoms with E-state index in [1.807, 2.05) is 36.5 Å². The quantitative estimate of drug-likeness (QED) is 0.693. The van der Waals surface area contributed by atoms with E-state index in [-0.39, 0.29) is 24.3 Å². The van der Waals surface area contributed by atoms with Crippen LogP contribution in [-0.2, 0) is 16.0 Å². The molecule has 1 aromatic rings. The number of nitrogens with one attached hydrogen (secondary N) is 2. The maximum Gasteiger partial charge on any atom is 0.278 e. The number of piperazine rings is 1. The van der Waals surface area contributed by atoms with Gasteiger partial charge in [0.15, 0.2) is 6.04 Å². The number of nitrogens with two attached hydrogens (primary N) is 1. The van der Waals surface area contributed by atoms with Gasteiger partial charge in [-0.2, -0.15) is 0 Å². The van der Waals surface area contributed by atoms with Gasteiger partial charge in [-0.1, -0.05) is 25.1 Å². The Morgan fingerprint density at radius 1 is 1.47 bits per heavy atom. The molecule has 1 saturated heterocycles. The lowest BCUT2D eigenvalue weighted by Crippen LogP contribution is -2.96. The van der Waals surface area contributed by atoms with Gasteiger partial charge < -0.3 is 16.0 Å². The summed E-state index contributed by atoms with van der Waals surface area (Å²) >= 11 is 0. The number of rotatable bonds is 4. The smallest absolute Gasteiger partial charge is 0.278 e. The molecule has 2 rings (SSSR count). The fourth-order valence-electron chi connectivity index (χ4n) is 2.25. The molecular formula is C14H20N3O2+. The van der Waals surface area contributed by atoms with E-state index < -0.39 is 0 Å². The highest BCUT2D eigenvalue weighted by molar-refractivity contribution is 5.95. The SMILES string of the molecule is CCc1ccccc1NC(=O)CC1[NH2+]CCNC1=O. The predicted octanol–water partition coefficient (Wildman–Crippen LogP) is -0.361. The highest BCUT2D eigenvalue weighted by Gasteiger charge is 2.27. The van der Waals surface area contributed by atoms with Crippen LogP contribution < -0.4 is 16.0 Å². The van der Waals surface area contributed by atoms with Crippen LogP contribution in [0, 0.1) is 0 Å². The number of quaternary nitrogens is 1. The van der Waals surface area contributed by atoms with Crippen LogP contribution in [0.3, 0.4) is 0 Å². The third-order valence-corrected chi connectivity index (χ3v) is 3.31. The van der Waals surface area contributed by atoms with Gasteiger partial charge in [0.2, 0.25) is 5.91 Å². The Morgan fingerprint density at radius 3 is 3.00 bits per heavy atom. The summed E-state index contributed by atoms with van der Waals surface area (Å²) in [5.41, 5.74) is 1.94. The Morgan fingerprint density at radius 2 is 2.26 bits per heavy atom. The fraction of sp³-hybridized carbons (Fsp3) is 0.429. The van der Waals surface area contributed by atoms with Crippen molar-refractivity contribution in [3.8, 4) is 0 Å².